The van der Waals surface area contributed by atoms with E-state index >= 15 is 0 Å². The van der Waals surface area contributed by atoms with Crippen LogP contribution < -0.4 is 0 Å². The minimum Gasteiger partial charge on any atom is -0.224 e. The van der Waals surface area contributed by atoms with Crippen LogP contribution in [0, 0.1) is 0 Å². The fourth-order valence-electron chi connectivity index (χ4n) is 1.78. The Morgan fingerprint density at radius 1 is 1.00 bits per heavy atom. The molecule has 0 N–H and O–H groups in total. The van der Waals surface area contributed by atoms with Crippen molar-refractivity contribution >= 4 is 34.2 Å². The second-order valence-corrected chi connectivity index (χ2v) is 8.98. The van der Waals surface area contributed by atoms with Crippen molar-refractivity contribution in [3.63, 3.8) is 0 Å². The molecule has 0 aliphatic heterocycles. The summed E-state index contributed by atoms with van der Waals surface area (Å²) in [5.74, 6) is 0.142. The molecule has 5 heteroatoms. The molecule has 21 heavy (non-hydrogen) atoms. The monoisotopic (exact) mass is 338 g/mol. The van der Waals surface area contributed by atoms with Gasteiger partial charge in [-0.3, -0.25) is 0 Å². The van der Waals surface area contributed by atoms with Crippen LogP contribution in [0.5, 0.6) is 0 Å². The average molecular weight is 339 g/mol. The fourth-order valence-corrected chi connectivity index (χ4v) is 4.37. The minimum absolute atomic E-state index is 0.0904. The number of rotatable bonds is 6. The maximum absolute atomic E-state index is 12.2. The van der Waals surface area contributed by atoms with E-state index in [1.807, 2.05) is 49.4 Å². The Labute approximate surface area is 136 Å². The van der Waals surface area contributed by atoms with E-state index in [9.17, 15) is 8.42 Å². The molecule has 2 aromatic rings. The summed E-state index contributed by atoms with van der Waals surface area (Å²) in [4.78, 5) is 2.55. The quantitative estimate of drug-likeness (QED) is 0.797. The van der Waals surface area contributed by atoms with E-state index in [0.717, 1.165) is 9.79 Å². The third-order valence-corrected chi connectivity index (χ3v) is 6.00. The van der Waals surface area contributed by atoms with E-state index in [2.05, 4.69) is 12.6 Å². The lowest BCUT2D eigenvalue weighted by Gasteiger charge is -2.07. The van der Waals surface area contributed by atoms with Crippen LogP contribution in [0.25, 0.3) is 0 Å². The minimum atomic E-state index is -3.20. The molecule has 0 heterocycles. The van der Waals surface area contributed by atoms with Gasteiger partial charge in [-0.1, -0.05) is 36.9 Å². The van der Waals surface area contributed by atoms with Gasteiger partial charge < -0.3 is 0 Å². The molecule has 0 aromatic heterocycles. The number of sulfone groups is 1. The summed E-state index contributed by atoms with van der Waals surface area (Å²) in [5, 5.41) is 0.0904. The van der Waals surface area contributed by atoms with Gasteiger partial charge >= 0.3 is 0 Å². The predicted octanol–water partition coefficient (Wildman–Crippen LogP) is 4.32. The molecule has 0 saturated carbocycles. The van der Waals surface area contributed by atoms with Crippen LogP contribution in [-0.2, 0) is 9.84 Å². The van der Waals surface area contributed by atoms with Gasteiger partial charge in [0.1, 0.15) is 0 Å². The van der Waals surface area contributed by atoms with Crippen LogP contribution in [0.15, 0.2) is 69.3 Å². The fraction of sp³-hybridized carbons (Fsp3) is 0.250. The zero-order chi connectivity index (χ0) is 15.3. The number of hydrogen-bond acceptors (Lipinski definition) is 4. The zero-order valence-electron chi connectivity index (χ0n) is 11.8. The first-order chi connectivity index (χ1) is 9.97. The average Bonchev–Trinajstić information content (AvgIpc) is 2.47. The molecule has 0 spiro atoms. The smallest absolute Gasteiger partial charge is 0.178 e. The third-order valence-electron chi connectivity index (χ3n) is 2.97. The summed E-state index contributed by atoms with van der Waals surface area (Å²) in [5.41, 5.74) is 0. The molecule has 0 aliphatic rings. The van der Waals surface area contributed by atoms with Gasteiger partial charge in [0.2, 0.25) is 0 Å². The standard InChI is InChI=1S/C16H18O2S3/c1-13(19)11-12-21(17,18)16-9-7-15(8-10-16)20-14-5-3-2-4-6-14/h2-10,13,19H,11-12H2,1H3. The second kappa shape index (κ2) is 7.38. The van der Waals surface area contributed by atoms with Gasteiger partial charge in [0.05, 0.1) is 10.6 Å². The van der Waals surface area contributed by atoms with Crippen LogP contribution >= 0.6 is 24.4 Å². The molecule has 2 aromatic carbocycles. The van der Waals surface area contributed by atoms with Gasteiger partial charge in [-0.25, -0.2) is 8.42 Å². The molecule has 1 unspecified atom stereocenters. The molecule has 0 aliphatic carbocycles. The largest absolute Gasteiger partial charge is 0.224 e. The van der Waals surface area contributed by atoms with E-state index in [4.69, 9.17) is 0 Å². The molecule has 2 rings (SSSR count). The molecule has 112 valence electrons. The molecule has 1 atom stereocenters. The lowest BCUT2D eigenvalue weighted by Crippen LogP contribution is -2.10. The first-order valence-electron chi connectivity index (χ1n) is 6.71. The van der Waals surface area contributed by atoms with Gasteiger partial charge in [-0.05, 0) is 48.1 Å². The van der Waals surface area contributed by atoms with Crippen molar-refractivity contribution in [3.8, 4) is 0 Å². The highest BCUT2D eigenvalue weighted by Crippen LogP contribution is 2.28. The summed E-state index contributed by atoms with van der Waals surface area (Å²) in [6, 6.07) is 17.1. The summed E-state index contributed by atoms with van der Waals surface area (Å²) in [6.07, 6.45) is 0.561. The van der Waals surface area contributed by atoms with Crippen LogP contribution in [0.3, 0.4) is 0 Å². The van der Waals surface area contributed by atoms with Crippen LogP contribution in [0.1, 0.15) is 13.3 Å². The highest BCUT2D eigenvalue weighted by atomic mass is 32.2. The van der Waals surface area contributed by atoms with Crippen molar-refractivity contribution < 1.29 is 8.42 Å². The molecular weight excluding hydrogens is 320 g/mol. The normalized spacial score (nSPS) is 13.0. The van der Waals surface area contributed by atoms with Gasteiger partial charge in [0.15, 0.2) is 9.84 Å². The van der Waals surface area contributed by atoms with Crippen LogP contribution in [0.2, 0.25) is 0 Å². The Morgan fingerprint density at radius 3 is 2.14 bits per heavy atom. The summed E-state index contributed by atoms with van der Waals surface area (Å²) < 4.78 is 24.3. The van der Waals surface area contributed by atoms with Gasteiger partial charge in [-0.15, -0.1) is 0 Å². The molecule has 0 radical (unpaired) electrons. The van der Waals surface area contributed by atoms with E-state index in [0.29, 0.717) is 11.3 Å². The van der Waals surface area contributed by atoms with E-state index in [-0.39, 0.29) is 11.0 Å². The van der Waals surface area contributed by atoms with Crippen molar-refractivity contribution in [2.24, 2.45) is 0 Å². The zero-order valence-corrected chi connectivity index (χ0v) is 14.3. The Hall–Kier alpha value is -0.910. The lowest BCUT2D eigenvalue weighted by molar-refractivity contribution is 0.593. The van der Waals surface area contributed by atoms with Gasteiger partial charge in [0, 0.05) is 9.79 Å². The predicted molar refractivity (Wildman–Crippen MR) is 92.1 cm³/mol. The Bertz CT molecular complexity index is 662. The van der Waals surface area contributed by atoms with E-state index < -0.39 is 9.84 Å². The first-order valence-corrected chi connectivity index (χ1v) is 9.70. The van der Waals surface area contributed by atoms with E-state index in [1.54, 1.807) is 23.9 Å². The highest BCUT2D eigenvalue weighted by molar-refractivity contribution is 7.99. The highest BCUT2D eigenvalue weighted by Gasteiger charge is 2.15. The van der Waals surface area contributed by atoms with Gasteiger partial charge in [-0.2, -0.15) is 12.6 Å². The molecule has 0 bridgehead atoms. The van der Waals surface area contributed by atoms with Crippen molar-refractivity contribution in [2.75, 3.05) is 5.75 Å². The molecule has 0 amide bonds. The first kappa shape index (κ1) is 16.5. The second-order valence-electron chi connectivity index (χ2n) is 4.84. The Kier molecular flexibility index (Phi) is 5.79. The number of thiol groups is 1. The van der Waals surface area contributed by atoms with Crippen molar-refractivity contribution in [1.82, 2.24) is 0 Å². The van der Waals surface area contributed by atoms with Crippen LogP contribution in [0.4, 0.5) is 0 Å². The summed E-state index contributed by atoms with van der Waals surface area (Å²) in [6.45, 7) is 1.90. The maximum atomic E-state index is 12.2. The third kappa shape index (κ3) is 5.09. The lowest BCUT2D eigenvalue weighted by atomic mass is 10.4. The molecule has 0 fully saturated rings. The molecule has 2 nitrogen and oxygen atoms in total. The topological polar surface area (TPSA) is 34.1 Å². The summed E-state index contributed by atoms with van der Waals surface area (Å²) >= 11 is 5.84. The van der Waals surface area contributed by atoms with Crippen molar-refractivity contribution in [2.45, 2.75) is 33.3 Å². The summed E-state index contributed by atoms with van der Waals surface area (Å²) in [7, 11) is -3.20. The Balaban J connectivity index is 2.08. The van der Waals surface area contributed by atoms with Crippen molar-refractivity contribution in [3.05, 3.63) is 54.6 Å². The van der Waals surface area contributed by atoms with E-state index in [1.165, 1.54) is 0 Å². The number of benzene rings is 2. The van der Waals surface area contributed by atoms with Crippen molar-refractivity contribution in [1.29, 1.82) is 0 Å². The maximum Gasteiger partial charge on any atom is 0.178 e. The van der Waals surface area contributed by atoms with Crippen LogP contribution in [-0.4, -0.2) is 19.4 Å². The SMILES string of the molecule is CC(S)CCS(=O)(=O)c1ccc(Sc2ccccc2)cc1. The molecule has 0 saturated heterocycles. The molecular formula is C16H18O2S3. The number of hydrogen-bond donors (Lipinski definition) is 1. The Morgan fingerprint density at radius 2 is 1.57 bits per heavy atom. The van der Waals surface area contributed by atoms with Gasteiger partial charge in [0.25, 0.3) is 0 Å².